The van der Waals surface area contributed by atoms with Gasteiger partial charge in [-0.15, -0.1) is 0 Å². The topological polar surface area (TPSA) is 26.7 Å². The van der Waals surface area contributed by atoms with Gasteiger partial charge in [0.1, 0.15) is 0 Å². The van der Waals surface area contributed by atoms with E-state index in [2.05, 4.69) is 51.3 Å². The second-order valence-corrected chi connectivity index (χ2v) is 6.81. The molecule has 0 aromatic carbocycles. The average Bonchev–Trinajstić information content (AvgIpc) is 2.27. The molecule has 3 heteroatoms. The summed E-state index contributed by atoms with van der Waals surface area (Å²) in [5.74, 6) is 0. The van der Waals surface area contributed by atoms with Crippen molar-refractivity contribution in [2.45, 2.75) is 65.1 Å². The Hall–Kier alpha value is -0.120. The van der Waals surface area contributed by atoms with Gasteiger partial charge in [0.25, 0.3) is 0 Å². The third-order valence-electron chi connectivity index (χ3n) is 4.28. The van der Waals surface area contributed by atoms with Crippen molar-refractivity contribution in [3.8, 4) is 0 Å². The van der Waals surface area contributed by atoms with E-state index in [1.165, 1.54) is 0 Å². The summed E-state index contributed by atoms with van der Waals surface area (Å²) in [5, 5.41) is 9.64. The second kappa shape index (κ2) is 5.25. The van der Waals surface area contributed by atoms with Crippen molar-refractivity contribution in [3.63, 3.8) is 0 Å². The number of aliphatic hydroxyl groups is 1. The van der Waals surface area contributed by atoms with Gasteiger partial charge in [-0.2, -0.15) is 0 Å². The van der Waals surface area contributed by atoms with Crippen molar-refractivity contribution in [2.24, 2.45) is 0 Å². The zero-order valence-corrected chi connectivity index (χ0v) is 12.5. The molecule has 0 aliphatic carbocycles. The molecule has 1 fully saturated rings. The van der Waals surface area contributed by atoms with Crippen LogP contribution in [0.4, 0.5) is 0 Å². The number of aliphatic hydroxyl groups excluding tert-OH is 1. The van der Waals surface area contributed by atoms with Gasteiger partial charge in [0.05, 0.1) is 6.61 Å². The molecule has 0 radical (unpaired) electrons. The Balaban J connectivity index is 2.75. The van der Waals surface area contributed by atoms with Gasteiger partial charge in [-0.05, 0) is 41.0 Å². The van der Waals surface area contributed by atoms with Crippen LogP contribution < -0.4 is 0 Å². The summed E-state index contributed by atoms with van der Waals surface area (Å²) in [7, 11) is 0. The van der Waals surface area contributed by atoms with Gasteiger partial charge < -0.3 is 5.11 Å². The fourth-order valence-corrected chi connectivity index (χ4v) is 2.62. The van der Waals surface area contributed by atoms with E-state index < -0.39 is 0 Å². The summed E-state index contributed by atoms with van der Waals surface area (Å²) >= 11 is 0. The number of hydrogen-bond donors (Lipinski definition) is 1. The van der Waals surface area contributed by atoms with Crippen molar-refractivity contribution < 1.29 is 5.11 Å². The van der Waals surface area contributed by atoms with Crippen molar-refractivity contribution in [1.82, 2.24) is 9.80 Å². The van der Waals surface area contributed by atoms with Crippen LogP contribution in [0.5, 0.6) is 0 Å². The lowest BCUT2D eigenvalue weighted by Crippen LogP contribution is -2.64. The van der Waals surface area contributed by atoms with Crippen LogP contribution >= 0.6 is 0 Å². The van der Waals surface area contributed by atoms with Crippen LogP contribution in [-0.2, 0) is 0 Å². The molecule has 0 aromatic rings. The molecule has 17 heavy (non-hydrogen) atoms. The lowest BCUT2D eigenvalue weighted by Gasteiger charge is -2.51. The van der Waals surface area contributed by atoms with E-state index in [1.807, 2.05) is 0 Å². The summed E-state index contributed by atoms with van der Waals surface area (Å²) < 4.78 is 0. The molecule has 0 amide bonds. The molecule has 1 rings (SSSR count). The Kier molecular flexibility index (Phi) is 4.61. The van der Waals surface area contributed by atoms with Gasteiger partial charge in [0.2, 0.25) is 0 Å². The molecule has 1 N–H and O–H groups in total. The van der Waals surface area contributed by atoms with Crippen molar-refractivity contribution in [3.05, 3.63) is 0 Å². The van der Waals surface area contributed by atoms with Gasteiger partial charge in [0, 0.05) is 36.8 Å². The molecule has 3 nitrogen and oxygen atoms in total. The van der Waals surface area contributed by atoms with Crippen molar-refractivity contribution in [1.29, 1.82) is 0 Å². The number of nitrogens with zero attached hydrogens (tertiary/aromatic N) is 2. The molecule has 102 valence electrons. The lowest BCUT2D eigenvalue weighted by molar-refractivity contribution is -0.0467. The fourth-order valence-electron chi connectivity index (χ4n) is 2.62. The minimum Gasteiger partial charge on any atom is -0.395 e. The Morgan fingerprint density at radius 3 is 2.12 bits per heavy atom. The minimum atomic E-state index is 0.192. The predicted octanol–water partition coefficient (Wildman–Crippen LogP) is 1.95. The van der Waals surface area contributed by atoms with Crippen LogP contribution in [0.1, 0.15) is 48.0 Å². The van der Waals surface area contributed by atoms with Crippen molar-refractivity contribution in [2.75, 3.05) is 26.2 Å². The molecule has 1 aliphatic rings. The van der Waals surface area contributed by atoms with Gasteiger partial charge in [0.15, 0.2) is 0 Å². The van der Waals surface area contributed by atoms with Crippen LogP contribution in [0.2, 0.25) is 0 Å². The number of hydrogen-bond acceptors (Lipinski definition) is 3. The molecule has 0 saturated carbocycles. The van der Waals surface area contributed by atoms with E-state index in [9.17, 15) is 5.11 Å². The van der Waals surface area contributed by atoms with Crippen LogP contribution in [0.15, 0.2) is 0 Å². The molecule has 1 heterocycles. The van der Waals surface area contributed by atoms with Crippen LogP contribution in [0.25, 0.3) is 0 Å². The van der Waals surface area contributed by atoms with Crippen molar-refractivity contribution >= 4 is 0 Å². The van der Waals surface area contributed by atoms with E-state index in [-0.39, 0.29) is 23.7 Å². The number of piperazine rings is 1. The Morgan fingerprint density at radius 2 is 1.71 bits per heavy atom. The van der Waals surface area contributed by atoms with E-state index in [4.69, 9.17) is 0 Å². The molecule has 0 spiro atoms. The van der Waals surface area contributed by atoms with E-state index >= 15 is 0 Å². The Morgan fingerprint density at radius 1 is 1.12 bits per heavy atom. The summed E-state index contributed by atoms with van der Waals surface area (Å²) in [6.07, 6.45) is 1.12. The summed E-state index contributed by atoms with van der Waals surface area (Å²) in [4.78, 5) is 4.96. The first kappa shape index (κ1) is 14.9. The lowest BCUT2D eigenvalue weighted by atomic mass is 9.93. The maximum Gasteiger partial charge on any atom is 0.0599 e. The van der Waals surface area contributed by atoms with Gasteiger partial charge in [-0.3, -0.25) is 9.80 Å². The maximum absolute atomic E-state index is 9.64. The highest BCUT2D eigenvalue weighted by Gasteiger charge is 2.37. The average molecular weight is 242 g/mol. The third-order valence-corrected chi connectivity index (χ3v) is 4.28. The maximum atomic E-state index is 9.64. The highest BCUT2D eigenvalue weighted by molar-refractivity contribution is 4.93. The van der Waals surface area contributed by atoms with Gasteiger partial charge >= 0.3 is 0 Å². The highest BCUT2D eigenvalue weighted by atomic mass is 16.3. The zero-order chi connectivity index (χ0) is 13.3. The van der Waals surface area contributed by atoms with E-state index in [0.29, 0.717) is 0 Å². The van der Waals surface area contributed by atoms with E-state index in [0.717, 1.165) is 26.1 Å². The third kappa shape index (κ3) is 3.43. The normalized spacial score (nSPS) is 25.2. The van der Waals surface area contributed by atoms with E-state index in [1.54, 1.807) is 0 Å². The van der Waals surface area contributed by atoms with Gasteiger partial charge in [-0.25, -0.2) is 0 Å². The monoisotopic (exact) mass is 242 g/mol. The summed E-state index contributed by atoms with van der Waals surface area (Å²) in [5.41, 5.74) is 0.396. The Bertz CT molecular complexity index is 245. The molecule has 1 aliphatic heterocycles. The fraction of sp³-hybridized carbons (Fsp3) is 1.00. The highest BCUT2D eigenvalue weighted by Crippen LogP contribution is 2.27. The molecule has 0 unspecified atom stereocenters. The molecule has 1 atom stereocenters. The largest absolute Gasteiger partial charge is 0.395 e. The first-order valence-electron chi connectivity index (χ1n) is 6.85. The zero-order valence-electron chi connectivity index (χ0n) is 12.5. The first-order chi connectivity index (χ1) is 7.72. The SMILES string of the molecule is CCC(C)(C)N1CCN(C(C)(C)C)C[C@@H]1CO. The first-order valence-corrected chi connectivity index (χ1v) is 6.85. The molecule has 0 bridgehead atoms. The molecular formula is C14H30N2O. The smallest absolute Gasteiger partial charge is 0.0599 e. The molecular weight excluding hydrogens is 212 g/mol. The van der Waals surface area contributed by atoms with Gasteiger partial charge in [-0.1, -0.05) is 6.92 Å². The van der Waals surface area contributed by atoms with Crippen LogP contribution in [-0.4, -0.2) is 58.3 Å². The predicted molar refractivity (Wildman–Crippen MR) is 73.3 cm³/mol. The standard InChI is InChI=1S/C14H30N2O/c1-7-14(5,6)16-9-8-15(13(2,3)4)10-12(16)11-17/h12,17H,7-11H2,1-6H3/t12-/m1/s1. The molecule has 0 aromatic heterocycles. The van der Waals surface area contributed by atoms with Crippen LogP contribution in [0.3, 0.4) is 0 Å². The summed E-state index contributed by atoms with van der Waals surface area (Å²) in [6, 6.07) is 0.276. The minimum absolute atomic E-state index is 0.192. The number of rotatable bonds is 3. The Labute approximate surface area is 107 Å². The quantitative estimate of drug-likeness (QED) is 0.819. The molecule has 1 saturated heterocycles. The summed E-state index contributed by atoms with van der Waals surface area (Å²) in [6.45, 7) is 16.9. The van der Waals surface area contributed by atoms with Crippen LogP contribution in [0, 0.1) is 0 Å². The second-order valence-electron chi connectivity index (χ2n) is 6.81.